The van der Waals surface area contributed by atoms with Crippen molar-refractivity contribution in [1.82, 2.24) is 10.2 Å². The van der Waals surface area contributed by atoms with Crippen LogP contribution in [-0.2, 0) is 11.3 Å². The minimum atomic E-state index is -0.191. The molecule has 1 N–H and O–H groups in total. The number of carbonyl (C=O) groups excluding carboxylic acids is 1. The zero-order valence-corrected chi connectivity index (χ0v) is 11.5. The predicted octanol–water partition coefficient (Wildman–Crippen LogP) is 2.40. The van der Waals surface area contributed by atoms with Crippen molar-refractivity contribution in [3.05, 3.63) is 35.9 Å². The van der Waals surface area contributed by atoms with Gasteiger partial charge in [0.2, 0.25) is 0 Å². The van der Waals surface area contributed by atoms with Crippen LogP contribution in [0.4, 0.5) is 4.79 Å². The van der Waals surface area contributed by atoms with Crippen LogP contribution in [0.15, 0.2) is 30.3 Å². The molecule has 1 aliphatic heterocycles. The third-order valence-corrected chi connectivity index (χ3v) is 3.41. The highest BCUT2D eigenvalue weighted by atomic mass is 16.6. The van der Waals surface area contributed by atoms with Gasteiger partial charge in [-0.15, -0.1) is 0 Å². The molecule has 19 heavy (non-hydrogen) atoms. The molecule has 0 unspecified atom stereocenters. The lowest BCUT2D eigenvalue weighted by molar-refractivity contribution is 0.0701. The lowest BCUT2D eigenvalue weighted by Crippen LogP contribution is -2.53. The van der Waals surface area contributed by atoms with Crippen molar-refractivity contribution in [3.8, 4) is 0 Å². The van der Waals surface area contributed by atoms with Gasteiger partial charge in [0.05, 0.1) is 0 Å². The summed E-state index contributed by atoms with van der Waals surface area (Å²) in [5.41, 5.74) is 1.03. The van der Waals surface area contributed by atoms with Crippen molar-refractivity contribution >= 4 is 6.09 Å². The molecule has 104 valence electrons. The van der Waals surface area contributed by atoms with E-state index < -0.39 is 0 Å². The first-order chi connectivity index (χ1) is 9.31. The van der Waals surface area contributed by atoms with Crippen molar-refractivity contribution in [2.75, 3.05) is 19.6 Å². The van der Waals surface area contributed by atoms with Crippen LogP contribution in [0, 0.1) is 0 Å². The molecule has 4 nitrogen and oxygen atoms in total. The second kappa shape index (κ2) is 7.14. The Balaban J connectivity index is 1.87. The highest BCUT2D eigenvalue weighted by Crippen LogP contribution is 2.12. The third kappa shape index (κ3) is 3.96. The second-order valence-electron chi connectivity index (χ2n) is 4.88. The van der Waals surface area contributed by atoms with Crippen LogP contribution < -0.4 is 5.32 Å². The quantitative estimate of drug-likeness (QED) is 0.906. The Bertz CT molecular complexity index is 392. The summed E-state index contributed by atoms with van der Waals surface area (Å²) in [4.78, 5) is 14.0. The first-order valence-electron chi connectivity index (χ1n) is 6.99. The molecule has 1 fully saturated rings. The Kier molecular flexibility index (Phi) is 5.21. The largest absolute Gasteiger partial charge is 0.445 e. The van der Waals surface area contributed by atoms with Crippen LogP contribution in [0.5, 0.6) is 0 Å². The van der Waals surface area contributed by atoms with E-state index in [9.17, 15) is 4.79 Å². The molecule has 1 aromatic carbocycles. The minimum Gasteiger partial charge on any atom is -0.445 e. The molecule has 0 radical (unpaired) electrons. The fraction of sp³-hybridized carbons (Fsp3) is 0.533. The maximum absolute atomic E-state index is 12.1. The van der Waals surface area contributed by atoms with E-state index in [1.807, 2.05) is 35.2 Å². The molecule has 1 atom stereocenters. The highest BCUT2D eigenvalue weighted by Gasteiger charge is 2.26. The molecular formula is C15H22N2O2. The molecular weight excluding hydrogens is 240 g/mol. The van der Waals surface area contributed by atoms with Crippen LogP contribution in [0.2, 0.25) is 0 Å². The van der Waals surface area contributed by atoms with E-state index in [2.05, 4.69) is 12.2 Å². The van der Waals surface area contributed by atoms with E-state index in [-0.39, 0.29) is 12.1 Å². The molecule has 1 aromatic rings. The summed E-state index contributed by atoms with van der Waals surface area (Å²) >= 11 is 0. The number of nitrogens with zero attached hydrogens (tertiary/aromatic N) is 1. The van der Waals surface area contributed by atoms with Gasteiger partial charge in [-0.3, -0.25) is 0 Å². The van der Waals surface area contributed by atoms with E-state index in [1.54, 1.807) is 0 Å². The van der Waals surface area contributed by atoms with Crippen LogP contribution in [-0.4, -0.2) is 36.7 Å². The number of hydrogen-bond donors (Lipinski definition) is 1. The predicted molar refractivity (Wildman–Crippen MR) is 74.9 cm³/mol. The number of carbonyl (C=O) groups is 1. The van der Waals surface area contributed by atoms with Gasteiger partial charge >= 0.3 is 6.09 Å². The SMILES string of the molecule is CCC[C@@H]1CNCCN1C(=O)OCc1ccccc1. The molecule has 1 amide bonds. The normalized spacial score (nSPS) is 19.2. The molecule has 1 heterocycles. The molecule has 0 aliphatic carbocycles. The Morgan fingerprint density at radius 2 is 2.21 bits per heavy atom. The van der Waals surface area contributed by atoms with Crippen LogP contribution in [0.3, 0.4) is 0 Å². The number of benzene rings is 1. The van der Waals surface area contributed by atoms with Gasteiger partial charge in [-0.1, -0.05) is 43.7 Å². The summed E-state index contributed by atoms with van der Waals surface area (Å²) in [6.07, 6.45) is 1.91. The Labute approximate surface area is 114 Å². The summed E-state index contributed by atoms with van der Waals surface area (Å²) in [5, 5.41) is 3.33. The lowest BCUT2D eigenvalue weighted by atomic mass is 10.1. The van der Waals surface area contributed by atoms with Gasteiger partial charge in [0.25, 0.3) is 0 Å². The summed E-state index contributed by atoms with van der Waals surface area (Å²) in [6, 6.07) is 10.1. The monoisotopic (exact) mass is 262 g/mol. The molecule has 1 saturated heterocycles. The van der Waals surface area contributed by atoms with E-state index in [4.69, 9.17) is 4.74 Å². The Morgan fingerprint density at radius 1 is 1.42 bits per heavy atom. The number of piperazine rings is 1. The number of amides is 1. The fourth-order valence-electron chi connectivity index (χ4n) is 2.39. The lowest BCUT2D eigenvalue weighted by Gasteiger charge is -2.35. The van der Waals surface area contributed by atoms with Crippen LogP contribution >= 0.6 is 0 Å². The molecule has 1 aliphatic rings. The van der Waals surface area contributed by atoms with Crippen molar-refractivity contribution < 1.29 is 9.53 Å². The Morgan fingerprint density at radius 3 is 2.95 bits per heavy atom. The summed E-state index contributed by atoms with van der Waals surface area (Å²) in [6.45, 7) is 4.94. The van der Waals surface area contributed by atoms with Gasteiger partial charge in [0.1, 0.15) is 6.61 Å². The van der Waals surface area contributed by atoms with Gasteiger partial charge in [-0.25, -0.2) is 4.79 Å². The molecule has 2 rings (SSSR count). The topological polar surface area (TPSA) is 41.6 Å². The van der Waals surface area contributed by atoms with Crippen molar-refractivity contribution in [2.24, 2.45) is 0 Å². The molecule has 0 bridgehead atoms. The van der Waals surface area contributed by atoms with Gasteiger partial charge in [0.15, 0.2) is 0 Å². The smallest absolute Gasteiger partial charge is 0.410 e. The standard InChI is InChI=1S/C15H22N2O2/c1-2-6-14-11-16-9-10-17(14)15(18)19-12-13-7-4-3-5-8-13/h3-5,7-8,14,16H,2,6,9-12H2,1H3/t14-/m1/s1. The van der Waals surface area contributed by atoms with E-state index in [0.29, 0.717) is 6.61 Å². The molecule has 0 aromatic heterocycles. The van der Waals surface area contributed by atoms with Crippen molar-refractivity contribution in [1.29, 1.82) is 0 Å². The molecule has 0 spiro atoms. The number of hydrogen-bond acceptors (Lipinski definition) is 3. The van der Waals surface area contributed by atoms with Crippen LogP contribution in [0.1, 0.15) is 25.3 Å². The van der Waals surface area contributed by atoms with E-state index >= 15 is 0 Å². The fourth-order valence-corrected chi connectivity index (χ4v) is 2.39. The highest BCUT2D eigenvalue weighted by molar-refractivity contribution is 5.68. The first kappa shape index (κ1) is 13.9. The minimum absolute atomic E-state index is 0.191. The summed E-state index contributed by atoms with van der Waals surface area (Å²) in [5.74, 6) is 0. The van der Waals surface area contributed by atoms with Gasteiger partial charge < -0.3 is 15.0 Å². The zero-order chi connectivity index (χ0) is 13.5. The van der Waals surface area contributed by atoms with E-state index in [1.165, 1.54) is 0 Å². The van der Waals surface area contributed by atoms with Crippen molar-refractivity contribution in [3.63, 3.8) is 0 Å². The molecule has 4 heteroatoms. The van der Waals surface area contributed by atoms with Crippen LogP contribution in [0.25, 0.3) is 0 Å². The number of nitrogens with one attached hydrogen (secondary N) is 1. The third-order valence-electron chi connectivity index (χ3n) is 3.41. The number of ether oxygens (including phenoxy) is 1. The first-order valence-corrected chi connectivity index (χ1v) is 6.99. The van der Waals surface area contributed by atoms with Crippen molar-refractivity contribution in [2.45, 2.75) is 32.4 Å². The summed E-state index contributed by atoms with van der Waals surface area (Å²) < 4.78 is 5.40. The zero-order valence-electron chi connectivity index (χ0n) is 11.5. The second-order valence-corrected chi connectivity index (χ2v) is 4.88. The number of rotatable bonds is 4. The van der Waals surface area contributed by atoms with Gasteiger partial charge in [0, 0.05) is 25.7 Å². The maximum atomic E-state index is 12.1. The summed E-state index contributed by atoms with van der Waals surface area (Å²) in [7, 11) is 0. The van der Waals surface area contributed by atoms with Gasteiger partial charge in [-0.05, 0) is 12.0 Å². The molecule has 0 saturated carbocycles. The Hall–Kier alpha value is -1.55. The van der Waals surface area contributed by atoms with E-state index in [0.717, 1.165) is 38.0 Å². The van der Waals surface area contributed by atoms with Gasteiger partial charge in [-0.2, -0.15) is 0 Å². The average Bonchev–Trinajstić information content (AvgIpc) is 2.47. The average molecular weight is 262 g/mol. The maximum Gasteiger partial charge on any atom is 0.410 e.